The van der Waals surface area contributed by atoms with Crippen molar-refractivity contribution >= 4 is 0 Å². The van der Waals surface area contributed by atoms with Crippen LogP contribution < -0.4 is 4.74 Å². The van der Waals surface area contributed by atoms with E-state index in [-0.39, 0.29) is 0 Å². The number of hydrogen-bond acceptors (Lipinski definition) is 2. The molecule has 15 heavy (non-hydrogen) atoms. The van der Waals surface area contributed by atoms with E-state index in [2.05, 4.69) is 11.1 Å². The number of hydrogen-bond donors (Lipinski definition) is 0. The zero-order valence-corrected chi connectivity index (χ0v) is 8.90. The molecule has 0 saturated carbocycles. The van der Waals surface area contributed by atoms with Gasteiger partial charge in [-0.25, -0.2) is 0 Å². The van der Waals surface area contributed by atoms with Crippen LogP contribution >= 0.6 is 0 Å². The van der Waals surface area contributed by atoms with Gasteiger partial charge in [-0.15, -0.1) is 0 Å². The van der Waals surface area contributed by atoms with Gasteiger partial charge in [0.25, 0.3) is 0 Å². The maximum atomic E-state index is 5.34. The molecule has 0 fully saturated rings. The van der Waals surface area contributed by atoms with Crippen molar-refractivity contribution in [3.05, 3.63) is 48.2 Å². The van der Waals surface area contributed by atoms with Crippen LogP contribution in [0.5, 0.6) is 5.75 Å². The molecule has 0 aliphatic rings. The molecule has 0 unspecified atom stereocenters. The average molecular weight is 199 g/mol. The van der Waals surface area contributed by atoms with Crippen molar-refractivity contribution in [1.82, 2.24) is 4.98 Å². The lowest BCUT2D eigenvalue weighted by Gasteiger charge is -2.08. The predicted octanol–water partition coefficient (Wildman–Crippen LogP) is 3.07. The first-order valence-corrected chi connectivity index (χ1v) is 4.87. The highest BCUT2D eigenvalue weighted by Crippen LogP contribution is 2.28. The van der Waals surface area contributed by atoms with E-state index in [0.29, 0.717) is 0 Å². The second-order valence-corrected chi connectivity index (χ2v) is 3.42. The molecule has 2 aromatic rings. The molecular weight excluding hydrogens is 186 g/mol. The van der Waals surface area contributed by atoms with E-state index < -0.39 is 0 Å². The molecule has 2 rings (SSSR count). The second kappa shape index (κ2) is 4.13. The highest BCUT2D eigenvalue weighted by molar-refractivity contribution is 5.67. The molecule has 0 bridgehead atoms. The predicted molar refractivity (Wildman–Crippen MR) is 61.0 cm³/mol. The summed E-state index contributed by atoms with van der Waals surface area (Å²) in [4.78, 5) is 4.31. The summed E-state index contributed by atoms with van der Waals surface area (Å²) < 4.78 is 5.34. The zero-order chi connectivity index (χ0) is 10.7. The number of ether oxygens (including phenoxy) is 1. The minimum absolute atomic E-state index is 0.869. The van der Waals surface area contributed by atoms with Gasteiger partial charge < -0.3 is 4.74 Å². The van der Waals surface area contributed by atoms with Crippen LogP contribution in [-0.2, 0) is 0 Å². The fourth-order valence-electron chi connectivity index (χ4n) is 1.53. The number of nitrogens with zero attached hydrogens (tertiary/aromatic N) is 1. The molecule has 2 heteroatoms. The van der Waals surface area contributed by atoms with Gasteiger partial charge in [-0.3, -0.25) is 4.98 Å². The van der Waals surface area contributed by atoms with Crippen molar-refractivity contribution in [2.24, 2.45) is 0 Å². The van der Waals surface area contributed by atoms with E-state index in [1.54, 1.807) is 13.3 Å². The number of aromatic nitrogens is 1. The summed E-state index contributed by atoms with van der Waals surface area (Å²) in [6.45, 7) is 2.05. The first-order chi connectivity index (χ1) is 7.31. The first kappa shape index (κ1) is 9.71. The molecule has 0 atom stereocenters. The smallest absolute Gasteiger partial charge is 0.128 e. The van der Waals surface area contributed by atoms with Crippen molar-refractivity contribution in [3.63, 3.8) is 0 Å². The number of pyridine rings is 1. The fourth-order valence-corrected chi connectivity index (χ4v) is 1.53. The Morgan fingerprint density at radius 1 is 1.13 bits per heavy atom. The molecule has 1 heterocycles. The van der Waals surface area contributed by atoms with Crippen LogP contribution in [0.2, 0.25) is 0 Å². The van der Waals surface area contributed by atoms with Gasteiger partial charge in [0.05, 0.1) is 12.8 Å². The van der Waals surface area contributed by atoms with Gasteiger partial charge in [0, 0.05) is 11.8 Å². The Hall–Kier alpha value is -1.83. The average Bonchev–Trinajstić information content (AvgIpc) is 2.30. The SMILES string of the molecule is COc1cc(C)ccc1-c1ccccn1. The van der Waals surface area contributed by atoms with Crippen LogP contribution in [-0.4, -0.2) is 12.1 Å². The molecular formula is C13H13NO. The molecule has 0 spiro atoms. The van der Waals surface area contributed by atoms with Crippen molar-refractivity contribution in [1.29, 1.82) is 0 Å². The fraction of sp³-hybridized carbons (Fsp3) is 0.154. The van der Waals surface area contributed by atoms with Gasteiger partial charge in [-0.2, -0.15) is 0 Å². The lowest BCUT2D eigenvalue weighted by Crippen LogP contribution is -1.90. The monoisotopic (exact) mass is 199 g/mol. The van der Waals surface area contributed by atoms with Crippen LogP contribution in [0, 0.1) is 6.92 Å². The first-order valence-electron chi connectivity index (χ1n) is 4.87. The Labute approximate surface area is 89.6 Å². The molecule has 0 amide bonds. The van der Waals surface area contributed by atoms with Gasteiger partial charge in [0.2, 0.25) is 0 Å². The third-order valence-corrected chi connectivity index (χ3v) is 2.30. The van der Waals surface area contributed by atoms with Crippen LogP contribution in [0.3, 0.4) is 0 Å². The molecule has 1 aromatic carbocycles. The highest BCUT2D eigenvalue weighted by atomic mass is 16.5. The molecule has 0 radical (unpaired) electrons. The van der Waals surface area contributed by atoms with E-state index in [9.17, 15) is 0 Å². The van der Waals surface area contributed by atoms with Gasteiger partial charge >= 0.3 is 0 Å². The van der Waals surface area contributed by atoms with Crippen LogP contribution in [0.4, 0.5) is 0 Å². The summed E-state index contributed by atoms with van der Waals surface area (Å²) in [5.41, 5.74) is 3.16. The molecule has 0 aliphatic carbocycles. The number of aryl methyl sites for hydroxylation is 1. The Morgan fingerprint density at radius 2 is 2.00 bits per heavy atom. The maximum absolute atomic E-state index is 5.34. The molecule has 1 aromatic heterocycles. The number of rotatable bonds is 2. The van der Waals surface area contributed by atoms with E-state index in [4.69, 9.17) is 4.74 Å². The molecule has 0 N–H and O–H groups in total. The highest BCUT2D eigenvalue weighted by Gasteiger charge is 2.05. The van der Waals surface area contributed by atoms with E-state index in [1.807, 2.05) is 37.3 Å². The molecule has 0 saturated heterocycles. The van der Waals surface area contributed by atoms with Gasteiger partial charge in [0.1, 0.15) is 5.75 Å². The normalized spacial score (nSPS) is 10.0. The van der Waals surface area contributed by atoms with Crippen LogP contribution in [0.25, 0.3) is 11.3 Å². The summed E-state index contributed by atoms with van der Waals surface area (Å²) >= 11 is 0. The summed E-state index contributed by atoms with van der Waals surface area (Å²) in [6, 6.07) is 12.0. The summed E-state index contributed by atoms with van der Waals surface area (Å²) in [5.74, 6) is 0.869. The number of methoxy groups -OCH3 is 1. The van der Waals surface area contributed by atoms with Crippen molar-refractivity contribution in [2.75, 3.05) is 7.11 Å². The van der Waals surface area contributed by atoms with Gasteiger partial charge in [-0.1, -0.05) is 12.1 Å². The number of benzene rings is 1. The van der Waals surface area contributed by atoms with Crippen LogP contribution in [0.15, 0.2) is 42.6 Å². The molecule has 0 aliphatic heterocycles. The molecule has 76 valence electrons. The quantitative estimate of drug-likeness (QED) is 0.741. The van der Waals surface area contributed by atoms with Crippen molar-refractivity contribution < 1.29 is 4.74 Å². The Kier molecular flexibility index (Phi) is 2.68. The van der Waals surface area contributed by atoms with E-state index >= 15 is 0 Å². The third-order valence-electron chi connectivity index (χ3n) is 2.30. The topological polar surface area (TPSA) is 22.1 Å². The molecule has 2 nitrogen and oxygen atoms in total. The van der Waals surface area contributed by atoms with Crippen molar-refractivity contribution in [3.8, 4) is 17.0 Å². The lowest BCUT2D eigenvalue weighted by molar-refractivity contribution is 0.416. The van der Waals surface area contributed by atoms with Gasteiger partial charge in [0.15, 0.2) is 0 Å². The summed E-state index contributed by atoms with van der Waals surface area (Å²) in [5, 5.41) is 0. The van der Waals surface area contributed by atoms with Crippen LogP contribution in [0.1, 0.15) is 5.56 Å². The largest absolute Gasteiger partial charge is 0.496 e. The Morgan fingerprint density at radius 3 is 2.67 bits per heavy atom. The maximum Gasteiger partial charge on any atom is 0.128 e. The standard InChI is InChI=1S/C13H13NO/c1-10-6-7-11(13(9-10)15-2)12-5-3-4-8-14-12/h3-9H,1-2H3. The Balaban J connectivity index is 2.53. The van der Waals surface area contributed by atoms with E-state index in [1.165, 1.54) is 5.56 Å². The minimum Gasteiger partial charge on any atom is -0.496 e. The summed E-state index contributed by atoms with van der Waals surface area (Å²) in [7, 11) is 1.68. The van der Waals surface area contributed by atoms with E-state index in [0.717, 1.165) is 17.0 Å². The van der Waals surface area contributed by atoms with Gasteiger partial charge in [-0.05, 0) is 36.8 Å². The zero-order valence-electron chi connectivity index (χ0n) is 8.90. The van der Waals surface area contributed by atoms with Crippen molar-refractivity contribution in [2.45, 2.75) is 6.92 Å². The second-order valence-electron chi connectivity index (χ2n) is 3.42. The minimum atomic E-state index is 0.869. The summed E-state index contributed by atoms with van der Waals surface area (Å²) in [6.07, 6.45) is 1.79. The third kappa shape index (κ3) is 1.99. The lowest BCUT2D eigenvalue weighted by atomic mass is 10.1. The Bertz CT molecular complexity index is 451.